The first-order valence-electron chi connectivity index (χ1n) is 5.67. The molecule has 4 nitrogen and oxygen atoms in total. The van der Waals surface area contributed by atoms with Gasteiger partial charge in [0.25, 0.3) is 0 Å². The minimum absolute atomic E-state index is 0.0253. The Hall–Kier alpha value is -1.29. The largest absolute Gasteiger partial charge is 0.358 e. The molecular formula is C12H21N3O. The van der Waals surface area contributed by atoms with Crippen LogP contribution >= 0.6 is 0 Å². The fourth-order valence-corrected chi connectivity index (χ4v) is 1.44. The van der Waals surface area contributed by atoms with Crippen molar-refractivity contribution in [3.8, 4) is 0 Å². The van der Waals surface area contributed by atoms with Crippen LogP contribution in [0.3, 0.4) is 0 Å². The Morgan fingerprint density at radius 3 is 2.88 bits per heavy atom. The summed E-state index contributed by atoms with van der Waals surface area (Å²) in [5, 5.41) is 5.97. The van der Waals surface area contributed by atoms with E-state index in [1.807, 2.05) is 23.0 Å². The van der Waals surface area contributed by atoms with Gasteiger partial charge in [-0.15, -0.1) is 0 Å². The van der Waals surface area contributed by atoms with Crippen molar-refractivity contribution in [1.29, 1.82) is 0 Å². The van der Waals surface area contributed by atoms with Crippen molar-refractivity contribution in [2.24, 2.45) is 5.92 Å². The third-order valence-electron chi connectivity index (χ3n) is 2.30. The Kier molecular flexibility index (Phi) is 5.05. The molecule has 90 valence electrons. The van der Waals surface area contributed by atoms with E-state index in [1.165, 1.54) is 5.56 Å². The van der Waals surface area contributed by atoms with Crippen LogP contribution in [0.2, 0.25) is 0 Å². The summed E-state index contributed by atoms with van der Waals surface area (Å²) in [6.07, 6.45) is 3.93. The molecule has 0 atom stereocenters. The van der Waals surface area contributed by atoms with Gasteiger partial charge in [0.15, 0.2) is 0 Å². The first-order chi connectivity index (χ1) is 7.61. The number of hydrogen-bond donors (Lipinski definition) is 2. The van der Waals surface area contributed by atoms with Crippen molar-refractivity contribution < 1.29 is 4.79 Å². The summed E-state index contributed by atoms with van der Waals surface area (Å²) < 4.78 is 1.89. The van der Waals surface area contributed by atoms with E-state index in [0.717, 1.165) is 13.1 Å². The molecule has 0 aliphatic heterocycles. The van der Waals surface area contributed by atoms with Crippen LogP contribution in [0.5, 0.6) is 0 Å². The normalized spacial score (nSPS) is 10.8. The van der Waals surface area contributed by atoms with Crippen molar-refractivity contribution in [1.82, 2.24) is 15.2 Å². The highest BCUT2D eigenvalue weighted by molar-refractivity contribution is 5.75. The summed E-state index contributed by atoms with van der Waals surface area (Å²) >= 11 is 0. The van der Waals surface area contributed by atoms with E-state index < -0.39 is 0 Å². The summed E-state index contributed by atoms with van der Waals surface area (Å²) in [6, 6.07) is 2.04. The molecule has 1 amide bonds. The van der Waals surface area contributed by atoms with Crippen molar-refractivity contribution in [2.45, 2.75) is 26.9 Å². The Morgan fingerprint density at radius 1 is 1.50 bits per heavy atom. The molecule has 2 N–H and O–H groups in total. The highest BCUT2D eigenvalue weighted by atomic mass is 16.1. The van der Waals surface area contributed by atoms with Gasteiger partial charge in [0.1, 0.15) is 6.54 Å². The molecule has 0 fully saturated rings. The summed E-state index contributed by atoms with van der Waals surface area (Å²) in [5.41, 5.74) is 1.21. The van der Waals surface area contributed by atoms with Crippen LogP contribution in [0.4, 0.5) is 0 Å². The molecule has 4 heteroatoms. The summed E-state index contributed by atoms with van der Waals surface area (Å²) in [7, 11) is 1.65. The van der Waals surface area contributed by atoms with Crippen molar-refractivity contribution >= 4 is 5.91 Å². The molecule has 0 spiro atoms. The van der Waals surface area contributed by atoms with Crippen LogP contribution in [0.25, 0.3) is 0 Å². The third-order valence-corrected chi connectivity index (χ3v) is 2.30. The molecule has 0 unspecified atom stereocenters. The monoisotopic (exact) mass is 223 g/mol. The standard InChI is InChI=1S/C12H21N3O/c1-10(2)6-14-7-11-4-5-15(8-11)9-12(16)13-3/h4-5,8,10,14H,6-7,9H2,1-3H3,(H,13,16). The number of nitrogens with zero attached hydrogens (tertiary/aromatic N) is 1. The summed E-state index contributed by atoms with van der Waals surface area (Å²) in [6.45, 7) is 6.63. The van der Waals surface area contributed by atoms with Gasteiger partial charge in [0.2, 0.25) is 5.91 Å². The van der Waals surface area contributed by atoms with Gasteiger partial charge < -0.3 is 15.2 Å². The number of aromatic nitrogens is 1. The fraction of sp³-hybridized carbons (Fsp3) is 0.583. The molecule has 0 saturated carbocycles. The van der Waals surface area contributed by atoms with E-state index in [2.05, 4.69) is 24.5 Å². The van der Waals surface area contributed by atoms with Crippen LogP contribution in [0, 0.1) is 5.92 Å². The Morgan fingerprint density at radius 2 is 2.25 bits per heavy atom. The third kappa shape index (κ3) is 4.49. The smallest absolute Gasteiger partial charge is 0.239 e. The zero-order chi connectivity index (χ0) is 12.0. The van der Waals surface area contributed by atoms with Crippen LogP contribution in [-0.2, 0) is 17.9 Å². The Bertz CT molecular complexity index is 331. The number of hydrogen-bond acceptors (Lipinski definition) is 2. The van der Waals surface area contributed by atoms with Gasteiger partial charge in [-0.05, 0) is 24.1 Å². The highest BCUT2D eigenvalue weighted by Gasteiger charge is 2.01. The van der Waals surface area contributed by atoms with Gasteiger partial charge in [0.05, 0.1) is 0 Å². The Balaban J connectivity index is 2.36. The van der Waals surface area contributed by atoms with Crippen molar-refractivity contribution in [3.63, 3.8) is 0 Å². The number of carbonyl (C=O) groups is 1. The predicted octanol–water partition coefficient (Wildman–Crippen LogP) is 0.980. The van der Waals surface area contributed by atoms with E-state index >= 15 is 0 Å². The summed E-state index contributed by atoms with van der Waals surface area (Å²) in [5.74, 6) is 0.685. The second kappa shape index (κ2) is 6.33. The molecule has 0 aliphatic carbocycles. The van der Waals surface area contributed by atoms with Gasteiger partial charge in [-0.3, -0.25) is 4.79 Å². The predicted molar refractivity (Wildman–Crippen MR) is 65.0 cm³/mol. The maximum atomic E-state index is 11.1. The molecule has 0 bridgehead atoms. The van der Waals surface area contributed by atoms with Gasteiger partial charge in [-0.1, -0.05) is 13.8 Å². The van der Waals surface area contributed by atoms with E-state index in [1.54, 1.807) is 7.05 Å². The van der Waals surface area contributed by atoms with E-state index in [9.17, 15) is 4.79 Å². The lowest BCUT2D eigenvalue weighted by Crippen LogP contribution is -2.22. The minimum Gasteiger partial charge on any atom is -0.358 e. The topological polar surface area (TPSA) is 46.1 Å². The molecule has 0 aromatic carbocycles. The van der Waals surface area contributed by atoms with Crippen molar-refractivity contribution in [2.75, 3.05) is 13.6 Å². The molecule has 1 heterocycles. The molecule has 16 heavy (non-hydrogen) atoms. The molecule has 0 aliphatic rings. The average Bonchev–Trinajstić information content (AvgIpc) is 2.65. The molecule has 1 aromatic rings. The van der Waals surface area contributed by atoms with Gasteiger partial charge in [0, 0.05) is 26.0 Å². The first kappa shape index (κ1) is 12.8. The van der Waals surface area contributed by atoms with Gasteiger partial charge in [-0.25, -0.2) is 0 Å². The van der Waals surface area contributed by atoms with E-state index in [-0.39, 0.29) is 5.91 Å². The molecule has 0 radical (unpaired) electrons. The maximum absolute atomic E-state index is 11.1. The zero-order valence-electron chi connectivity index (χ0n) is 10.3. The molecule has 0 saturated heterocycles. The lowest BCUT2D eigenvalue weighted by atomic mass is 10.2. The highest BCUT2D eigenvalue weighted by Crippen LogP contribution is 2.01. The van der Waals surface area contributed by atoms with Gasteiger partial charge in [-0.2, -0.15) is 0 Å². The SMILES string of the molecule is CNC(=O)Cn1ccc(CNCC(C)C)c1. The quantitative estimate of drug-likeness (QED) is 0.755. The number of amides is 1. The number of carbonyl (C=O) groups excluding carboxylic acids is 1. The Labute approximate surface area is 97.0 Å². The zero-order valence-corrected chi connectivity index (χ0v) is 10.3. The number of nitrogens with one attached hydrogen (secondary N) is 2. The second-order valence-corrected chi connectivity index (χ2v) is 4.39. The van der Waals surface area contributed by atoms with Crippen molar-refractivity contribution in [3.05, 3.63) is 24.0 Å². The minimum atomic E-state index is 0.0253. The van der Waals surface area contributed by atoms with Crippen LogP contribution < -0.4 is 10.6 Å². The van der Waals surface area contributed by atoms with Gasteiger partial charge >= 0.3 is 0 Å². The van der Waals surface area contributed by atoms with E-state index in [0.29, 0.717) is 12.5 Å². The number of rotatable bonds is 6. The number of likely N-dealkylation sites (N-methyl/N-ethyl adjacent to an activating group) is 1. The van der Waals surface area contributed by atoms with Crippen LogP contribution in [0.15, 0.2) is 18.5 Å². The fourth-order valence-electron chi connectivity index (χ4n) is 1.44. The lowest BCUT2D eigenvalue weighted by Gasteiger charge is -2.05. The first-order valence-corrected chi connectivity index (χ1v) is 5.67. The van der Waals surface area contributed by atoms with Crippen LogP contribution in [-0.4, -0.2) is 24.1 Å². The molecule has 1 rings (SSSR count). The molecular weight excluding hydrogens is 202 g/mol. The lowest BCUT2D eigenvalue weighted by molar-refractivity contribution is -0.121. The second-order valence-electron chi connectivity index (χ2n) is 4.39. The maximum Gasteiger partial charge on any atom is 0.239 e. The molecule has 1 aromatic heterocycles. The van der Waals surface area contributed by atoms with Crippen LogP contribution in [0.1, 0.15) is 19.4 Å². The summed E-state index contributed by atoms with van der Waals surface area (Å²) in [4.78, 5) is 11.1. The van der Waals surface area contributed by atoms with E-state index in [4.69, 9.17) is 0 Å². The average molecular weight is 223 g/mol.